The van der Waals surface area contributed by atoms with Crippen molar-refractivity contribution >= 4 is 35.6 Å². The van der Waals surface area contributed by atoms with Crippen LogP contribution in [-0.4, -0.2) is 37.0 Å². The molecule has 1 aromatic carbocycles. The van der Waals surface area contributed by atoms with Crippen LogP contribution in [0.5, 0.6) is 5.75 Å². The van der Waals surface area contributed by atoms with Crippen LogP contribution in [0.2, 0.25) is 0 Å². The molecule has 0 radical (unpaired) electrons. The Morgan fingerprint density at radius 3 is 2.11 bits per heavy atom. The zero-order valence-electron chi connectivity index (χ0n) is 19.7. The first-order chi connectivity index (χ1) is 18.2. The van der Waals surface area contributed by atoms with Gasteiger partial charge in [-0.05, 0) is 17.7 Å². The maximum Gasteiger partial charge on any atom is 0.336 e. The monoisotopic (exact) mass is 521 g/mol. The Morgan fingerprint density at radius 1 is 0.868 bits per heavy atom. The number of nitrogens with one attached hydrogen (secondary N) is 3. The maximum atomic E-state index is 12.0. The molecule has 2 aromatic heterocycles. The van der Waals surface area contributed by atoms with E-state index in [1.54, 1.807) is 13.2 Å². The molecular weight excluding hydrogens is 502 g/mol. The highest BCUT2D eigenvalue weighted by Crippen LogP contribution is 2.21. The quantitative estimate of drug-likeness (QED) is 0.310. The molecule has 0 atom stereocenters. The number of carbonyl (C=O) groups is 5. The van der Waals surface area contributed by atoms with Crippen LogP contribution < -0.4 is 31.9 Å². The third-order valence-electron chi connectivity index (χ3n) is 5.46. The number of hydrogen-bond acceptors (Lipinski definition) is 11. The molecule has 13 heteroatoms. The lowest BCUT2D eigenvalue weighted by molar-refractivity contribution is -0.121. The minimum Gasteiger partial charge on any atom is -0.497 e. The Bertz CT molecular complexity index is 1600. The van der Waals surface area contributed by atoms with Crippen molar-refractivity contribution in [3.63, 3.8) is 0 Å². The first-order valence-electron chi connectivity index (χ1n) is 11.0. The zero-order valence-corrected chi connectivity index (χ0v) is 19.7. The second-order valence-electron chi connectivity index (χ2n) is 8.02. The van der Waals surface area contributed by atoms with Gasteiger partial charge in [-0.3, -0.25) is 34.6 Å². The van der Waals surface area contributed by atoms with E-state index in [0.29, 0.717) is 17.6 Å². The van der Waals surface area contributed by atoms with Gasteiger partial charge in [0.2, 0.25) is 11.8 Å². The predicted octanol–water partition coefficient (Wildman–Crippen LogP) is 0.338. The highest BCUT2D eigenvalue weighted by atomic mass is 16.5. The molecule has 2 aliphatic heterocycles. The summed E-state index contributed by atoms with van der Waals surface area (Å²) in [5.74, 6) is -1.57. The molecule has 2 aliphatic rings. The SMILES string of the molecule is COc1cccc(NCc2cc(=O)oc3c2C(=O)NC(=O)C3)c1.O=Cc1cc(=O)oc2c1C(=O)NC(=O)C2. The number of aldehydes is 1. The number of methoxy groups -OCH3 is 1. The molecule has 5 rings (SSSR count). The highest BCUT2D eigenvalue weighted by molar-refractivity contribution is 6.12. The van der Waals surface area contributed by atoms with Crippen LogP contribution in [0.15, 0.2) is 54.8 Å². The van der Waals surface area contributed by atoms with Crippen molar-refractivity contribution in [1.29, 1.82) is 0 Å². The number of benzene rings is 1. The van der Waals surface area contributed by atoms with Gasteiger partial charge in [0.15, 0.2) is 6.29 Å². The molecule has 13 nitrogen and oxygen atoms in total. The van der Waals surface area contributed by atoms with Gasteiger partial charge in [0.25, 0.3) is 11.8 Å². The average molecular weight is 521 g/mol. The van der Waals surface area contributed by atoms with E-state index in [-0.39, 0.29) is 47.6 Å². The van der Waals surface area contributed by atoms with E-state index in [1.807, 2.05) is 23.5 Å². The minimum atomic E-state index is -0.752. The van der Waals surface area contributed by atoms with Gasteiger partial charge >= 0.3 is 11.3 Å². The van der Waals surface area contributed by atoms with E-state index in [1.165, 1.54) is 6.07 Å². The fraction of sp³-hybridized carbons (Fsp3) is 0.160. The smallest absolute Gasteiger partial charge is 0.336 e. The van der Waals surface area contributed by atoms with Crippen molar-refractivity contribution in [3.05, 3.63) is 91.0 Å². The van der Waals surface area contributed by atoms with Gasteiger partial charge in [-0.25, -0.2) is 9.59 Å². The van der Waals surface area contributed by atoms with Crippen molar-refractivity contribution in [2.45, 2.75) is 19.4 Å². The molecule has 0 spiro atoms. The Labute approximate surface area is 212 Å². The van der Waals surface area contributed by atoms with E-state index in [2.05, 4.69) is 15.1 Å². The van der Waals surface area contributed by atoms with Gasteiger partial charge in [0, 0.05) is 36.0 Å². The van der Waals surface area contributed by atoms with Crippen LogP contribution in [0, 0.1) is 0 Å². The molecule has 0 bridgehead atoms. The van der Waals surface area contributed by atoms with E-state index in [4.69, 9.17) is 9.15 Å². The van der Waals surface area contributed by atoms with Gasteiger partial charge in [-0.15, -0.1) is 0 Å². The van der Waals surface area contributed by atoms with E-state index in [0.717, 1.165) is 11.8 Å². The predicted molar refractivity (Wildman–Crippen MR) is 128 cm³/mol. The molecule has 194 valence electrons. The first kappa shape index (κ1) is 25.8. The molecule has 0 saturated carbocycles. The van der Waals surface area contributed by atoms with Crippen LogP contribution in [-0.2, 0) is 29.0 Å². The average Bonchev–Trinajstić information content (AvgIpc) is 2.86. The molecule has 0 saturated heterocycles. The number of anilines is 1. The van der Waals surface area contributed by atoms with E-state index >= 15 is 0 Å². The van der Waals surface area contributed by atoms with Crippen molar-refractivity contribution in [3.8, 4) is 5.75 Å². The number of carbonyl (C=O) groups excluding carboxylic acids is 5. The zero-order chi connectivity index (χ0) is 27.4. The molecule has 0 fully saturated rings. The lowest BCUT2D eigenvalue weighted by Gasteiger charge is -2.17. The van der Waals surface area contributed by atoms with Crippen molar-refractivity contribution in [2.75, 3.05) is 12.4 Å². The Balaban J connectivity index is 0.000000194. The van der Waals surface area contributed by atoms with Gasteiger partial charge in [0.1, 0.15) is 17.3 Å². The fourth-order valence-electron chi connectivity index (χ4n) is 3.86. The molecule has 38 heavy (non-hydrogen) atoms. The number of rotatable bonds is 5. The molecule has 4 amide bonds. The number of ether oxygens (including phenoxy) is 1. The van der Waals surface area contributed by atoms with Crippen LogP contribution in [0.1, 0.15) is 48.2 Å². The third-order valence-corrected chi connectivity index (χ3v) is 5.46. The number of imide groups is 2. The summed E-state index contributed by atoms with van der Waals surface area (Å²) in [6, 6.07) is 9.43. The van der Waals surface area contributed by atoms with Gasteiger partial charge < -0.3 is 18.9 Å². The van der Waals surface area contributed by atoms with Gasteiger partial charge in [-0.2, -0.15) is 0 Å². The first-order valence-corrected chi connectivity index (χ1v) is 11.0. The number of amides is 4. The standard InChI is InChI=1S/C16H14N2O5.C9H5NO5/c1-22-11-4-2-3-10(6-11)17-8-9-5-14(20)23-12-7-13(19)18-16(21)15(9)12;11-3-4-1-7(13)15-5-2-6(12)10-9(14)8(4)5/h2-6,17H,7-8H2,1H3,(H,18,19,21);1,3H,2H2,(H,10,12,14). The Kier molecular flexibility index (Phi) is 7.28. The third kappa shape index (κ3) is 5.56. The normalized spacial score (nSPS) is 13.7. The molecular formula is C25H19N3O10. The second-order valence-corrected chi connectivity index (χ2v) is 8.02. The van der Waals surface area contributed by atoms with Crippen molar-refractivity contribution in [2.24, 2.45) is 0 Å². The fourth-order valence-corrected chi connectivity index (χ4v) is 3.86. The number of hydrogen-bond donors (Lipinski definition) is 3. The Morgan fingerprint density at radius 2 is 1.47 bits per heavy atom. The maximum absolute atomic E-state index is 12.0. The minimum absolute atomic E-state index is 0.0378. The van der Waals surface area contributed by atoms with E-state index in [9.17, 15) is 33.6 Å². The summed E-state index contributed by atoms with van der Waals surface area (Å²) in [4.78, 5) is 78.9. The number of fused-ring (bicyclic) bond motifs is 2. The second kappa shape index (κ2) is 10.7. The largest absolute Gasteiger partial charge is 0.497 e. The lowest BCUT2D eigenvalue weighted by atomic mass is 10.0. The highest BCUT2D eigenvalue weighted by Gasteiger charge is 2.29. The van der Waals surface area contributed by atoms with Crippen molar-refractivity contribution in [1.82, 2.24) is 10.6 Å². The molecule has 0 aliphatic carbocycles. The van der Waals surface area contributed by atoms with Gasteiger partial charge in [0.05, 0.1) is 31.1 Å². The molecule has 3 N–H and O–H groups in total. The summed E-state index contributed by atoms with van der Waals surface area (Å²) in [6.07, 6.45) is 0.0481. The molecule has 0 unspecified atom stereocenters. The van der Waals surface area contributed by atoms with Crippen molar-refractivity contribution < 1.29 is 37.5 Å². The summed E-state index contributed by atoms with van der Waals surface area (Å²) in [5.41, 5.74) is 0.0461. The summed E-state index contributed by atoms with van der Waals surface area (Å²) >= 11 is 0. The summed E-state index contributed by atoms with van der Waals surface area (Å²) in [7, 11) is 1.57. The molecule has 4 heterocycles. The van der Waals surface area contributed by atoms with Crippen LogP contribution in [0.3, 0.4) is 0 Å². The topological polar surface area (TPSA) is 191 Å². The van der Waals surface area contributed by atoms with E-state index < -0.39 is 34.9 Å². The Hall–Kier alpha value is -5.33. The lowest BCUT2D eigenvalue weighted by Crippen LogP contribution is -2.39. The van der Waals surface area contributed by atoms with Crippen LogP contribution >= 0.6 is 0 Å². The van der Waals surface area contributed by atoms with Gasteiger partial charge in [-0.1, -0.05) is 6.07 Å². The van der Waals surface area contributed by atoms with Crippen LogP contribution in [0.4, 0.5) is 5.69 Å². The van der Waals surface area contributed by atoms with Crippen LogP contribution in [0.25, 0.3) is 0 Å². The molecule has 3 aromatic rings. The summed E-state index contributed by atoms with van der Waals surface area (Å²) < 4.78 is 14.8. The summed E-state index contributed by atoms with van der Waals surface area (Å²) in [6.45, 7) is 0.239. The summed E-state index contributed by atoms with van der Waals surface area (Å²) in [5, 5.41) is 7.37.